The number of halogens is 2. The minimum absolute atomic E-state index is 0. The maximum atomic E-state index is 11.3. The molecule has 0 bridgehead atoms. The zero-order valence-electron chi connectivity index (χ0n) is 69.4. The van der Waals surface area contributed by atoms with Gasteiger partial charge in [0.2, 0.25) is 0 Å². The quantitative estimate of drug-likeness (QED) is 0.0185. The van der Waals surface area contributed by atoms with Gasteiger partial charge in [0.15, 0.2) is 17.4 Å². The Balaban J connectivity index is 0. The minimum Gasteiger partial charge on any atom is -1.00 e. The van der Waals surface area contributed by atoms with Crippen molar-refractivity contribution in [2.24, 2.45) is 4.40 Å². The number of aromatic hydroxyl groups is 1. The number of nitrogens with zero attached hydrogens (tertiary/aromatic N) is 8. The van der Waals surface area contributed by atoms with Gasteiger partial charge in [-0.05, 0) is 156 Å². The zero-order valence-corrected chi connectivity index (χ0v) is 73.6. The Labute approximate surface area is 759 Å². The van der Waals surface area contributed by atoms with Crippen LogP contribution in [0, 0.1) is 66.1 Å². The van der Waals surface area contributed by atoms with E-state index in [1.54, 1.807) is 73.0 Å². The van der Waals surface area contributed by atoms with Gasteiger partial charge >= 0.3 is 93.2 Å². The number of isocyanates is 1. The maximum absolute atomic E-state index is 11.3. The first-order chi connectivity index (χ1) is 53.5. The van der Waals surface area contributed by atoms with Crippen molar-refractivity contribution in [1.29, 1.82) is 21.0 Å². The SMILES string of the molecule is C.CCn1c(C)c(C#N)c2ccc(OC)cc21.CCn1c(CBr)c(C#N)c2ccc(OC)cc21.CCn1c(COc2ccccc2)c(C#N)c2ccc(OC)cc21.COC(=O)c1cc2ccc(OC)cc2[nH]1.COc1ccc2c(C#N)c(C)[nH]c2c1.COc1ccc2cc(C)[nH]c2c1.O=C=NS(=O)(=O)Cl.Oc1ccccc1.[AlH3].[H-].[H-].[H-].[Li+].[Na+].[Na+]. The molecule has 0 aliphatic carbocycles. The molecule has 592 valence electrons. The third-order valence-electron chi connectivity index (χ3n) is 17.2. The number of para-hydroxylation sites is 2. The molecule has 6 heterocycles. The normalized spacial score (nSPS) is 9.78. The number of aromatic amines is 3. The minimum atomic E-state index is -4.00. The number of nitriles is 4. The zero-order chi connectivity index (χ0) is 80.9. The molecular formula is C85H93AlBrClLiN11Na2O13S. The number of phenolic OH excluding ortho intramolecular Hbond substituents is 1. The number of H-pyrrole nitrogens is 3. The fourth-order valence-electron chi connectivity index (χ4n) is 12.0. The van der Waals surface area contributed by atoms with E-state index < -0.39 is 9.24 Å². The van der Waals surface area contributed by atoms with Crippen molar-refractivity contribution in [1.82, 2.24) is 28.7 Å². The van der Waals surface area contributed by atoms with Gasteiger partial charge in [0, 0.05) is 133 Å². The number of rotatable bonds is 15. The molecule has 0 aliphatic heterocycles. The monoisotopic (exact) mass is 1700 g/mol. The summed E-state index contributed by atoms with van der Waals surface area (Å²) in [5, 5.41) is 52.3. The molecule has 0 unspecified atom stereocenters. The summed E-state index contributed by atoms with van der Waals surface area (Å²) in [7, 11) is 11.6. The van der Waals surface area contributed by atoms with Crippen molar-refractivity contribution in [3.63, 3.8) is 0 Å². The summed E-state index contributed by atoms with van der Waals surface area (Å²) < 4.78 is 69.2. The molecule has 0 saturated heterocycles. The van der Waals surface area contributed by atoms with Crippen LogP contribution in [0.5, 0.6) is 46.0 Å². The van der Waals surface area contributed by atoms with Crippen LogP contribution < -0.4 is 111 Å². The number of aromatic nitrogens is 6. The predicted molar refractivity (Wildman–Crippen MR) is 456 cm³/mol. The van der Waals surface area contributed by atoms with Crippen molar-refractivity contribution in [2.75, 3.05) is 49.8 Å². The summed E-state index contributed by atoms with van der Waals surface area (Å²) in [6.07, 6.45) is 0.763. The van der Waals surface area contributed by atoms with Gasteiger partial charge in [-0.25, -0.2) is 9.59 Å². The van der Waals surface area contributed by atoms with Crippen LogP contribution in [-0.2, 0) is 50.3 Å². The molecule has 0 spiro atoms. The summed E-state index contributed by atoms with van der Waals surface area (Å²) in [4.78, 5) is 29.7. The third kappa shape index (κ3) is 26.8. The summed E-state index contributed by atoms with van der Waals surface area (Å²) >= 11 is 3.45. The Morgan fingerprint density at radius 1 is 0.509 bits per heavy atom. The van der Waals surface area contributed by atoms with Gasteiger partial charge < -0.3 is 75.9 Å². The molecule has 0 amide bonds. The van der Waals surface area contributed by atoms with E-state index >= 15 is 0 Å². The Morgan fingerprint density at radius 3 is 1.29 bits per heavy atom. The van der Waals surface area contributed by atoms with Gasteiger partial charge in [0.05, 0.1) is 99.8 Å². The Kier molecular flexibility index (Phi) is 44.5. The van der Waals surface area contributed by atoms with Crippen LogP contribution in [0.4, 0.5) is 0 Å². The maximum Gasteiger partial charge on any atom is 1.00 e. The first kappa shape index (κ1) is 102. The van der Waals surface area contributed by atoms with E-state index in [4.69, 9.17) is 53.6 Å². The number of fused-ring (bicyclic) bond motifs is 6. The number of phenols is 1. The van der Waals surface area contributed by atoms with Crippen LogP contribution in [0.3, 0.4) is 0 Å². The second-order valence-electron chi connectivity index (χ2n) is 23.7. The number of hydrogen-bond donors (Lipinski definition) is 4. The van der Waals surface area contributed by atoms with Gasteiger partial charge in [0.1, 0.15) is 82.6 Å². The number of nitrogens with one attached hydrogen (secondary N) is 3. The second kappa shape index (κ2) is 50.5. The van der Waals surface area contributed by atoms with E-state index in [9.17, 15) is 23.7 Å². The molecule has 0 radical (unpaired) electrons. The standard InChI is InChI=1S/C19H18N2O2.C13H13BrN2O.C13H14N2O.C11H10N2O.C11H11NO3.C10H11NO.C6H6O.CClNO3S.CH4.Al.Li.2Na.6H/c1-3-21-18-11-15(22-2)9-10-16(18)17(12-20)19(21)13-23-14-7-5-4-6-8-14;1-3-16-12-6-9(17-2)4-5-10(12)11(8-15)13(16)7-14;1-4-15-9(2)12(8-14)11-6-5-10(16-3)7-13(11)15;1-7-10(6-12)9-4-3-8(14-2)5-11(9)13-7;1-14-8-4-3-7-5-10(11(13)15-2)12-9(7)6-8;1-7-5-8-3-4-9(12-2)6-10(8)11-7;7-6-4-2-1-3-5-6;2-7(5,6)3-1-4;;;;;;;;;;;/h4-11H,3,13H2,1-2H3;4-6H,3,7H2,1-2H3;5-7H,4H2,1-3H3;3-5,13H,1-2H3;3-6,12H,1-2H3;3-6,11H,1-2H3;1-5,7H;;1H4;;;;;;;;;;/q;;;;;;;;;;3*+1;;;;3*-1. The third-order valence-corrected chi connectivity index (χ3v) is 18.3. The summed E-state index contributed by atoms with van der Waals surface area (Å²) in [5.74, 6) is 5.60. The second-order valence-corrected chi connectivity index (χ2v) is 26.4. The number of methoxy groups -OCH3 is 7. The van der Waals surface area contributed by atoms with Crippen molar-refractivity contribution < 1.29 is 143 Å². The molecule has 0 atom stereocenters. The van der Waals surface area contributed by atoms with Gasteiger partial charge in [-0.15, -0.1) is 0 Å². The van der Waals surface area contributed by atoms with Gasteiger partial charge in [-0.3, -0.25) is 0 Å². The van der Waals surface area contributed by atoms with Crippen molar-refractivity contribution >= 4 is 131 Å². The number of esters is 1. The Morgan fingerprint density at radius 2 is 0.897 bits per heavy atom. The van der Waals surface area contributed by atoms with Gasteiger partial charge in [0.25, 0.3) is 6.08 Å². The molecule has 14 aromatic rings. The van der Waals surface area contributed by atoms with E-state index in [-0.39, 0.29) is 113 Å². The molecule has 24 nitrogen and oxygen atoms in total. The van der Waals surface area contributed by atoms with Crippen LogP contribution in [0.25, 0.3) is 65.4 Å². The molecule has 6 aromatic heterocycles. The number of carbonyl (C=O) groups is 1. The molecule has 8 aromatic carbocycles. The first-order valence-corrected chi connectivity index (χ1v) is 37.6. The smallest absolute Gasteiger partial charge is 1.00 e. The molecule has 0 saturated carbocycles. The van der Waals surface area contributed by atoms with E-state index in [0.717, 1.165) is 160 Å². The summed E-state index contributed by atoms with van der Waals surface area (Å²) in [5.41, 5.74) is 14.4. The number of alkyl halides is 1. The topological polar surface area (TPSA) is 332 Å². The van der Waals surface area contributed by atoms with E-state index in [0.29, 0.717) is 34.5 Å². The number of hydrogen-bond acceptors (Lipinski definition) is 17. The first-order valence-electron chi connectivity index (χ1n) is 34.2. The average Bonchev–Trinajstić information content (AvgIpc) is 1.63. The number of benzene rings is 8. The summed E-state index contributed by atoms with van der Waals surface area (Å²) in [6, 6.07) is 65.9. The summed E-state index contributed by atoms with van der Waals surface area (Å²) in [6.45, 7) is 15.0. The van der Waals surface area contributed by atoms with E-state index in [1.165, 1.54) is 18.2 Å². The van der Waals surface area contributed by atoms with Crippen LogP contribution in [0.2, 0.25) is 0 Å². The van der Waals surface area contributed by atoms with Crippen molar-refractivity contribution in [3.05, 3.63) is 238 Å². The van der Waals surface area contributed by atoms with Crippen LogP contribution in [0.1, 0.15) is 93.7 Å². The fourth-order valence-corrected chi connectivity index (χ4v) is 12.7. The van der Waals surface area contributed by atoms with E-state index in [1.807, 2.05) is 160 Å². The van der Waals surface area contributed by atoms with Crippen LogP contribution >= 0.6 is 26.6 Å². The average molecular weight is 1700 g/mol. The molecule has 0 aliphatic rings. The van der Waals surface area contributed by atoms with E-state index in [2.05, 4.69) is 122 Å². The van der Waals surface area contributed by atoms with Crippen LogP contribution in [0.15, 0.2) is 186 Å². The van der Waals surface area contributed by atoms with Gasteiger partial charge in [-0.2, -0.15) is 29.5 Å². The van der Waals surface area contributed by atoms with Crippen molar-refractivity contribution in [3.8, 4) is 70.3 Å². The molecule has 0 fully saturated rings. The number of aryl methyl sites for hydroxylation is 5. The molecular weight excluding hydrogens is 1610 g/mol. The number of carbonyl (C=O) groups excluding carboxylic acids is 2. The Bertz CT molecular complexity index is 5930. The van der Waals surface area contributed by atoms with Gasteiger partial charge in [-0.1, -0.05) is 64.2 Å². The fraction of sp³-hybridized carbons (Fsp3) is 0.224. The molecule has 31 heteroatoms. The molecule has 4 N–H and O–H groups in total. The molecule has 14 rings (SSSR count). The Hall–Kier alpha value is -9.94. The van der Waals surface area contributed by atoms with Crippen molar-refractivity contribution in [2.45, 2.75) is 80.5 Å². The van der Waals surface area contributed by atoms with Crippen LogP contribution in [-0.4, -0.2) is 121 Å². The number of ether oxygens (including phenoxy) is 8. The largest absolute Gasteiger partial charge is 1.00 e. The molecule has 116 heavy (non-hydrogen) atoms. The predicted octanol–water partition coefficient (Wildman–Crippen LogP) is 9.21.